The van der Waals surface area contributed by atoms with Gasteiger partial charge in [-0.15, -0.1) is 0 Å². The first-order chi connectivity index (χ1) is 15.9. The third-order valence-electron chi connectivity index (χ3n) is 5.49. The number of ether oxygens (including phenoxy) is 1. The van der Waals surface area contributed by atoms with E-state index in [1.54, 1.807) is 36.4 Å². The van der Waals surface area contributed by atoms with E-state index in [2.05, 4.69) is 15.4 Å². The van der Waals surface area contributed by atoms with E-state index in [0.717, 1.165) is 11.1 Å². The molecule has 9 heteroatoms. The quantitative estimate of drug-likeness (QED) is 0.579. The summed E-state index contributed by atoms with van der Waals surface area (Å²) < 4.78 is 20.6. The van der Waals surface area contributed by atoms with Gasteiger partial charge in [0.2, 0.25) is 11.9 Å². The highest BCUT2D eigenvalue weighted by atomic mass is 19.1. The fourth-order valence-electron chi connectivity index (χ4n) is 3.90. The molecular formula is C24H24FN5O3. The number of hydrogen-bond acceptors (Lipinski definition) is 6. The van der Waals surface area contributed by atoms with E-state index in [1.807, 2.05) is 30.3 Å². The number of amides is 1. The largest absolute Gasteiger partial charge is 0.463 e. The van der Waals surface area contributed by atoms with Crippen molar-refractivity contribution in [3.63, 3.8) is 0 Å². The zero-order valence-corrected chi connectivity index (χ0v) is 18.6. The number of rotatable bonds is 6. The molecule has 0 saturated heterocycles. The minimum absolute atomic E-state index is 0.148. The van der Waals surface area contributed by atoms with Crippen molar-refractivity contribution in [2.24, 2.45) is 0 Å². The van der Waals surface area contributed by atoms with Crippen LogP contribution in [-0.2, 0) is 14.3 Å². The Morgan fingerprint density at radius 3 is 2.64 bits per heavy atom. The van der Waals surface area contributed by atoms with Crippen LogP contribution >= 0.6 is 0 Å². The summed E-state index contributed by atoms with van der Waals surface area (Å²) in [6, 6.07) is 13.1. The van der Waals surface area contributed by atoms with Gasteiger partial charge in [-0.25, -0.2) is 13.9 Å². The Morgan fingerprint density at radius 2 is 1.91 bits per heavy atom. The van der Waals surface area contributed by atoms with Crippen molar-refractivity contribution < 1.29 is 18.7 Å². The first-order valence-electron chi connectivity index (χ1n) is 10.6. The van der Waals surface area contributed by atoms with Gasteiger partial charge in [-0.3, -0.25) is 4.79 Å². The lowest BCUT2D eigenvalue weighted by molar-refractivity contribution is -0.139. The van der Waals surface area contributed by atoms with Gasteiger partial charge < -0.3 is 15.0 Å². The molecule has 3 aromatic rings. The maximum Gasteiger partial charge on any atom is 0.338 e. The predicted octanol–water partition coefficient (Wildman–Crippen LogP) is 3.61. The van der Waals surface area contributed by atoms with Crippen LogP contribution < -0.4 is 10.2 Å². The Balaban J connectivity index is 1.72. The summed E-state index contributed by atoms with van der Waals surface area (Å²) in [4.78, 5) is 31.9. The van der Waals surface area contributed by atoms with Gasteiger partial charge in [0, 0.05) is 11.4 Å². The van der Waals surface area contributed by atoms with Gasteiger partial charge in [0.1, 0.15) is 24.7 Å². The summed E-state index contributed by atoms with van der Waals surface area (Å²) in [6.45, 7) is 5.33. The van der Waals surface area contributed by atoms with E-state index in [1.165, 1.54) is 18.5 Å². The molecule has 1 aromatic heterocycles. The molecule has 0 aliphatic carbocycles. The molecule has 0 spiro atoms. The van der Waals surface area contributed by atoms with Gasteiger partial charge in [0.15, 0.2) is 0 Å². The maximum absolute atomic E-state index is 13.6. The number of anilines is 2. The normalized spacial score (nSPS) is 15.3. The molecule has 8 nitrogen and oxygen atoms in total. The highest BCUT2D eigenvalue weighted by Crippen LogP contribution is 2.38. The Kier molecular flexibility index (Phi) is 6.21. The van der Waals surface area contributed by atoms with Crippen LogP contribution in [0.1, 0.15) is 31.0 Å². The molecule has 4 rings (SSSR count). The van der Waals surface area contributed by atoms with Crippen LogP contribution in [0.2, 0.25) is 0 Å². The fraction of sp³-hybridized carbons (Fsp3) is 0.250. The molecule has 170 valence electrons. The summed E-state index contributed by atoms with van der Waals surface area (Å²) in [5.74, 6) is -0.907. The van der Waals surface area contributed by atoms with Crippen molar-refractivity contribution in [1.29, 1.82) is 0 Å². The van der Waals surface area contributed by atoms with Crippen LogP contribution in [-0.4, -0.2) is 39.8 Å². The van der Waals surface area contributed by atoms with Gasteiger partial charge in [-0.05, 0) is 44.0 Å². The van der Waals surface area contributed by atoms with Gasteiger partial charge in [-0.1, -0.05) is 36.4 Å². The van der Waals surface area contributed by atoms with E-state index in [-0.39, 0.29) is 19.1 Å². The second-order valence-electron chi connectivity index (χ2n) is 7.63. The van der Waals surface area contributed by atoms with E-state index < -0.39 is 17.8 Å². The molecule has 1 amide bonds. The first kappa shape index (κ1) is 22.2. The van der Waals surface area contributed by atoms with Crippen molar-refractivity contribution in [3.05, 3.63) is 83.1 Å². The number of halogens is 1. The Morgan fingerprint density at radius 1 is 1.15 bits per heavy atom. The maximum atomic E-state index is 13.6. The van der Waals surface area contributed by atoms with Crippen LogP contribution in [0.3, 0.4) is 0 Å². The molecule has 0 radical (unpaired) electrons. The standard InChI is InChI=1S/C24H24FN5O3/c1-4-33-23(32)21-16(3)29(13-20(31)28-19-12-18(25)11-10-15(19)2)24-26-14-27-30(24)22(21)17-8-6-5-7-9-17/h5-12,14,22H,4,13H2,1-3H3,(H,28,31)/t22-/m1/s1. The lowest BCUT2D eigenvalue weighted by Gasteiger charge is -2.35. The lowest BCUT2D eigenvalue weighted by atomic mass is 9.95. The zero-order chi connectivity index (χ0) is 23.5. The Hall–Kier alpha value is -4.01. The highest BCUT2D eigenvalue weighted by Gasteiger charge is 2.38. The zero-order valence-electron chi connectivity index (χ0n) is 18.6. The molecular weight excluding hydrogens is 425 g/mol. The number of carbonyl (C=O) groups excluding carboxylic acids is 2. The second-order valence-corrected chi connectivity index (χ2v) is 7.63. The number of fused-ring (bicyclic) bond motifs is 1. The van der Waals surface area contributed by atoms with Crippen molar-refractivity contribution in [2.45, 2.75) is 26.8 Å². The van der Waals surface area contributed by atoms with Crippen LogP contribution in [0.25, 0.3) is 0 Å². The predicted molar refractivity (Wildman–Crippen MR) is 121 cm³/mol. The SMILES string of the molecule is CCOC(=O)C1=C(C)N(CC(=O)Nc2cc(F)ccc2C)c2ncnn2[C@@H]1c1ccccc1. The van der Waals surface area contributed by atoms with Gasteiger partial charge >= 0.3 is 5.97 Å². The highest BCUT2D eigenvalue weighted by molar-refractivity contribution is 5.97. The molecule has 1 aliphatic rings. The summed E-state index contributed by atoms with van der Waals surface area (Å²) in [5.41, 5.74) is 2.86. The van der Waals surface area contributed by atoms with Crippen molar-refractivity contribution in [3.8, 4) is 0 Å². The average molecular weight is 449 g/mol. The van der Waals surface area contributed by atoms with E-state index in [4.69, 9.17) is 4.74 Å². The summed E-state index contributed by atoms with van der Waals surface area (Å²) in [7, 11) is 0. The third kappa shape index (κ3) is 4.34. The van der Waals surface area contributed by atoms with E-state index in [0.29, 0.717) is 22.9 Å². The smallest absolute Gasteiger partial charge is 0.338 e. The molecule has 0 fully saturated rings. The number of benzene rings is 2. The van der Waals surface area contributed by atoms with Crippen molar-refractivity contribution in [1.82, 2.24) is 14.8 Å². The number of nitrogens with one attached hydrogen (secondary N) is 1. The molecule has 1 N–H and O–H groups in total. The number of aryl methyl sites for hydroxylation is 1. The molecule has 33 heavy (non-hydrogen) atoms. The van der Waals surface area contributed by atoms with Crippen molar-refractivity contribution >= 4 is 23.5 Å². The van der Waals surface area contributed by atoms with Gasteiger partial charge in [0.25, 0.3) is 0 Å². The minimum Gasteiger partial charge on any atom is -0.463 e. The molecule has 1 atom stereocenters. The Bertz CT molecular complexity index is 1220. The Labute approximate surface area is 190 Å². The monoisotopic (exact) mass is 449 g/mol. The number of carbonyl (C=O) groups is 2. The van der Waals surface area contributed by atoms with Crippen LogP contribution in [0.5, 0.6) is 0 Å². The number of allylic oxidation sites excluding steroid dienone is 1. The molecule has 0 unspecified atom stereocenters. The van der Waals surface area contributed by atoms with Crippen LogP contribution in [0, 0.1) is 12.7 Å². The third-order valence-corrected chi connectivity index (χ3v) is 5.49. The van der Waals surface area contributed by atoms with Gasteiger partial charge in [0.05, 0.1) is 12.2 Å². The van der Waals surface area contributed by atoms with Crippen molar-refractivity contribution in [2.75, 3.05) is 23.4 Å². The fourth-order valence-corrected chi connectivity index (χ4v) is 3.90. The van der Waals surface area contributed by atoms with Crippen LogP contribution in [0.4, 0.5) is 16.0 Å². The molecule has 2 aromatic carbocycles. The summed E-state index contributed by atoms with van der Waals surface area (Å²) in [6.07, 6.45) is 1.38. The molecule has 0 bridgehead atoms. The number of nitrogens with zero attached hydrogens (tertiary/aromatic N) is 4. The van der Waals surface area contributed by atoms with Gasteiger partial charge in [-0.2, -0.15) is 10.1 Å². The topological polar surface area (TPSA) is 89.3 Å². The average Bonchev–Trinajstić information content (AvgIpc) is 3.28. The number of hydrogen-bond donors (Lipinski definition) is 1. The first-order valence-corrected chi connectivity index (χ1v) is 10.6. The van der Waals surface area contributed by atoms with E-state index in [9.17, 15) is 14.0 Å². The number of esters is 1. The van der Waals surface area contributed by atoms with Crippen LogP contribution in [0.15, 0.2) is 66.1 Å². The molecule has 2 heterocycles. The minimum atomic E-state index is -0.549. The van der Waals surface area contributed by atoms with E-state index >= 15 is 0 Å². The molecule has 1 aliphatic heterocycles. The second kappa shape index (κ2) is 9.23. The summed E-state index contributed by atoms with van der Waals surface area (Å²) in [5, 5.41) is 7.09. The summed E-state index contributed by atoms with van der Waals surface area (Å²) >= 11 is 0. The molecule has 0 saturated carbocycles. The number of aromatic nitrogens is 3. The lowest BCUT2D eigenvalue weighted by Crippen LogP contribution is -2.41.